The van der Waals surface area contributed by atoms with Crippen molar-refractivity contribution >= 4 is 49.2 Å². The van der Waals surface area contributed by atoms with Crippen LogP contribution in [0.5, 0.6) is 0 Å². The van der Waals surface area contributed by atoms with E-state index >= 15 is 0 Å². The van der Waals surface area contributed by atoms with Crippen LogP contribution in [0.1, 0.15) is 19.3 Å². The molecule has 2 atom stereocenters. The number of sulfonamides is 1. The minimum absolute atomic E-state index is 0.202. The van der Waals surface area contributed by atoms with Gasteiger partial charge in [-0.3, -0.25) is 0 Å². The Morgan fingerprint density at radius 2 is 2.05 bits per heavy atom. The lowest BCUT2D eigenvalue weighted by atomic mass is 10.1. The van der Waals surface area contributed by atoms with E-state index in [2.05, 4.69) is 20.7 Å². The molecule has 1 aromatic rings. The van der Waals surface area contributed by atoms with Gasteiger partial charge in [-0.25, -0.2) is 17.5 Å². The zero-order valence-electron chi connectivity index (χ0n) is 10.4. The van der Waals surface area contributed by atoms with Gasteiger partial charge in [0.2, 0.25) is 10.0 Å². The Labute approximate surface area is 136 Å². The molecular formula is C12H13BrCl2FNO2S. The quantitative estimate of drug-likeness (QED) is 0.609. The van der Waals surface area contributed by atoms with Gasteiger partial charge < -0.3 is 0 Å². The molecule has 0 heterocycles. The molecule has 1 fully saturated rings. The van der Waals surface area contributed by atoms with E-state index in [1.807, 2.05) is 0 Å². The number of halogens is 4. The van der Waals surface area contributed by atoms with Crippen molar-refractivity contribution in [1.82, 2.24) is 4.72 Å². The lowest BCUT2D eigenvalue weighted by Crippen LogP contribution is -2.29. The highest BCUT2D eigenvalue weighted by molar-refractivity contribution is 9.09. The molecule has 2 rings (SSSR count). The molecule has 1 N–H and O–H groups in total. The van der Waals surface area contributed by atoms with E-state index in [0.717, 1.165) is 19.3 Å². The van der Waals surface area contributed by atoms with E-state index in [4.69, 9.17) is 23.2 Å². The van der Waals surface area contributed by atoms with E-state index in [-0.39, 0.29) is 15.8 Å². The van der Waals surface area contributed by atoms with Crippen LogP contribution in [0, 0.1) is 11.7 Å². The van der Waals surface area contributed by atoms with E-state index in [1.165, 1.54) is 12.1 Å². The summed E-state index contributed by atoms with van der Waals surface area (Å²) in [5, 5.41) is -0.679. The van der Waals surface area contributed by atoms with Crippen LogP contribution in [-0.4, -0.2) is 19.8 Å². The summed E-state index contributed by atoms with van der Waals surface area (Å²) in [5.74, 6) is -0.636. The monoisotopic (exact) mass is 403 g/mol. The first kappa shape index (κ1) is 16.5. The molecule has 0 bridgehead atoms. The summed E-state index contributed by atoms with van der Waals surface area (Å²) in [6, 6.07) is 2.39. The summed E-state index contributed by atoms with van der Waals surface area (Å²) in [5.41, 5.74) is 0. The highest BCUT2D eigenvalue weighted by atomic mass is 79.9. The Morgan fingerprint density at radius 3 is 2.65 bits per heavy atom. The van der Waals surface area contributed by atoms with Crippen LogP contribution in [0.2, 0.25) is 10.0 Å². The van der Waals surface area contributed by atoms with Crippen LogP contribution in [0.4, 0.5) is 4.39 Å². The predicted molar refractivity (Wildman–Crippen MR) is 81.7 cm³/mol. The fourth-order valence-electron chi connectivity index (χ4n) is 2.22. The molecule has 3 nitrogen and oxygen atoms in total. The highest BCUT2D eigenvalue weighted by Crippen LogP contribution is 2.32. The largest absolute Gasteiger partial charge is 0.242 e. The number of hydrogen-bond donors (Lipinski definition) is 1. The molecule has 20 heavy (non-hydrogen) atoms. The molecule has 0 spiro atoms. The van der Waals surface area contributed by atoms with E-state index in [9.17, 15) is 12.8 Å². The Bertz CT molecular complexity index is 612. The minimum Gasteiger partial charge on any atom is -0.211 e. The lowest BCUT2D eigenvalue weighted by Gasteiger charge is -2.13. The van der Waals surface area contributed by atoms with Crippen molar-refractivity contribution in [2.24, 2.45) is 5.92 Å². The van der Waals surface area contributed by atoms with Gasteiger partial charge in [0.25, 0.3) is 0 Å². The Balaban J connectivity index is 2.13. The Hall–Kier alpha value is 0.120. The van der Waals surface area contributed by atoms with E-state index in [1.54, 1.807) is 0 Å². The maximum Gasteiger partial charge on any atom is 0.242 e. The van der Waals surface area contributed by atoms with Crippen molar-refractivity contribution in [1.29, 1.82) is 0 Å². The summed E-state index contributed by atoms with van der Waals surface area (Å²) in [4.78, 5) is 0.156. The van der Waals surface area contributed by atoms with Gasteiger partial charge >= 0.3 is 0 Å². The van der Waals surface area contributed by atoms with Crippen molar-refractivity contribution < 1.29 is 12.8 Å². The topological polar surface area (TPSA) is 46.2 Å². The van der Waals surface area contributed by atoms with Crippen LogP contribution in [0.15, 0.2) is 17.0 Å². The summed E-state index contributed by atoms with van der Waals surface area (Å²) < 4.78 is 40.3. The molecule has 0 aliphatic heterocycles. The Morgan fingerprint density at radius 1 is 1.35 bits per heavy atom. The molecule has 1 aliphatic rings. The summed E-state index contributed by atoms with van der Waals surface area (Å²) in [6.07, 6.45) is 2.91. The first-order valence-corrected chi connectivity index (χ1v) is 9.24. The fraction of sp³-hybridized carbons (Fsp3) is 0.500. The van der Waals surface area contributed by atoms with Crippen LogP contribution >= 0.6 is 39.1 Å². The molecule has 1 aliphatic carbocycles. The standard InChI is InChI=1S/C12H13BrCl2FNO2S/c13-8-2-1-7(5-8)6-17-20(18,19)10-4-3-9(14)12(16)11(10)15/h3-4,7-8,17H,1-2,5-6H2. The second-order valence-corrected chi connectivity index (χ2v) is 8.62. The number of hydrogen-bond acceptors (Lipinski definition) is 2. The fourth-order valence-corrected chi connectivity index (χ4v) is 4.87. The van der Waals surface area contributed by atoms with Gasteiger partial charge in [0.05, 0.1) is 10.0 Å². The number of alkyl halides is 1. The zero-order valence-corrected chi connectivity index (χ0v) is 14.3. The zero-order chi connectivity index (χ0) is 14.9. The molecule has 112 valence electrons. The van der Waals surface area contributed by atoms with Gasteiger partial charge in [0.15, 0.2) is 5.82 Å². The second kappa shape index (κ2) is 6.48. The van der Waals surface area contributed by atoms with Gasteiger partial charge in [-0.15, -0.1) is 0 Å². The van der Waals surface area contributed by atoms with Gasteiger partial charge in [0.1, 0.15) is 4.90 Å². The number of nitrogens with one attached hydrogen (secondary N) is 1. The average molecular weight is 405 g/mol. The first-order chi connectivity index (χ1) is 9.31. The minimum atomic E-state index is -3.83. The van der Waals surface area contributed by atoms with E-state index in [0.29, 0.717) is 11.4 Å². The van der Waals surface area contributed by atoms with Gasteiger partial charge in [-0.2, -0.15) is 0 Å². The van der Waals surface area contributed by atoms with Crippen LogP contribution in [0.3, 0.4) is 0 Å². The third kappa shape index (κ3) is 3.65. The third-order valence-corrected chi connectivity index (χ3v) is 6.40. The van der Waals surface area contributed by atoms with Crippen LogP contribution < -0.4 is 4.72 Å². The molecule has 8 heteroatoms. The second-order valence-electron chi connectivity index (χ2n) is 4.80. The average Bonchev–Trinajstić information content (AvgIpc) is 2.79. The summed E-state index contributed by atoms with van der Waals surface area (Å²) in [7, 11) is -3.83. The molecular weight excluding hydrogens is 392 g/mol. The third-order valence-electron chi connectivity index (χ3n) is 3.33. The number of rotatable bonds is 4. The van der Waals surface area contributed by atoms with Crippen LogP contribution in [-0.2, 0) is 10.0 Å². The molecule has 0 radical (unpaired) electrons. The normalized spacial score (nSPS) is 23.2. The predicted octanol–water partition coefficient (Wildman–Crippen LogP) is 3.97. The molecule has 0 amide bonds. The SMILES string of the molecule is O=S(=O)(NCC1CCC(Br)C1)c1ccc(Cl)c(F)c1Cl. The molecule has 1 aromatic carbocycles. The maximum atomic E-state index is 13.6. The summed E-state index contributed by atoms with van der Waals surface area (Å²) >= 11 is 14.8. The van der Waals surface area contributed by atoms with Crippen molar-refractivity contribution in [2.75, 3.05) is 6.54 Å². The first-order valence-electron chi connectivity index (χ1n) is 6.08. The van der Waals surface area contributed by atoms with Gasteiger partial charge in [-0.05, 0) is 37.3 Å². The van der Waals surface area contributed by atoms with Crippen LogP contribution in [0.25, 0.3) is 0 Å². The molecule has 1 saturated carbocycles. The molecule has 0 aromatic heterocycles. The van der Waals surface area contributed by atoms with Crippen molar-refractivity contribution in [3.63, 3.8) is 0 Å². The molecule has 0 saturated heterocycles. The van der Waals surface area contributed by atoms with Crippen molar-refractivity contribution in [3.05, 3.63) is 28.0 Å². The Kier molecular flexibility index (Phi) is 5.34. The van der Waals surface area contributed by atoms with E-state index < -0.39 is 20.9 Å². The number of benzene rings is 1. The highest BCUT2D eigenvalue weighted by Gasteiger charge is 2.26. The van der Waals surface area contributed by atoms with Crippen molar-refractivity contribution in [3.8, 4) is 0 Å². The molecule has 2 unspecified atom stereocenters. The smallest absolute Gasteiger partial charge is 0.211 e. The van der Waals surface area contributed by atoms with Gasteiger partial charge in [0, 0.05) is 11.4 Å². The summed E-state index contributed by atoms with van der Waals surface area (Å²) in [6.45, 7) is 0.324. The maximum absolute atomic E-state index is 13.6. The van der Waals surface area contributed by atoms with Crippen molar-refractivity contribution in [2.45, 2.75) is 29.0 Å². The lowest BCUT2D eigenvalue weighted by molar-refractivity contribution is 0.520. The van der Waals surface area contributed by atoms with Gasteiger partial charge in [-0.1, -0.05) is 39.1 Å².